The second kappa shape index (κ2) is 5.09. The van der Waals surface area contributed by atoms with Crippen LogP contribution in [0.15, 0.2) is 28.1 Å². The molecule has 0 radical (unpaired) electrons. The zero-order valence-corrected chi connectivity index (χ0v) is 11.2. The number of rotatable bonds is 4. The highest BCUT2D eigenvalue weighted by Crippen LogP contribution is 2.16. The first-order chi connectivity index (χ1) is 7.25. The van der Waals surface area contributed by atoms with Crippen molar-refractivity contribution in [2.75, 3.05) is 0 Å². The third-order valence-corrected chi connectivity index (χ3v) is 3.57. The van der Waals surface area contributed by atoms with Gasteiger partial charge in [-0.15, -0.1) is 11.3 Å². The molecule has 2 rings (SSSR count). The summed E-state index contributed by atoms with van der Waals surface area (Å²) >= 11 is 3.83. The lowest BCUT2D eigenvalue weighted by molar-refractivity contribution is 0.444. The first-order valence-corrected chi connectivity index (χ1v) is 6.58. The summed E-state index contributed by atoms with van der Waals surface area (Å²) in [5.41, 5.74) is 0. The molecule has 1 unspecified atom stereocenters. The van der Waals surface area contributed by atoms with E-state index in [2.05, 4.69) is 39.8 Å². The third kappa shape index (κ3) is 3.02. The summed E-state index contributed by atoms with van der Waals surface area (Å²) in [5.74, 6) is 0.961. The van der Waals surface area contributed by atoms with Crippen LogP contribution in [0.3, 0.4) is 0 Å². The van der Waals surface area contributed by atoms with Gasteiger partial charge >= 0.3 is 0 Å². The van der Waals surface area contributed by atoms with Crippen molar-refractivity contribution in [1.82, 2.24) is 10.3 Å². The van der Waals surface area contributed by atoms with Crippen LogP contribution in [0.2, 0.25) is 0 Å². The molecule has 0 bridgehead atoms. The van der Waals surface area contributed by atoms with E-state index >= 15 is 0 Å². The van der Waals surface area contributed by atoms with Gasteiger partial charge in [-0.1, -0.05) is 0 Å². The monoisotopic (exact) mass is 334 g/mol. The van der Waals surface area contributed by atoms with Crippen LogP contribution in [-0.4, -0.2) is 4.98 Å². The van der Waals surface area contributed by atoms with Crippen LogP contribution in [-0.2, 0) is 6.54 Å². The Bertz CT molecular complexity index is 413. The van der Waals surface area contributed by atoms with Gasteiger partial charge in [0.1, 0.15) is 10.8 Å². The molecule has 0 aliphatic carbocycles. The largest absolute Gasteiger partial charge is 0.454 e. The molecule has 0 aliphatic rings. The zero-order valence-electron chi connectivity index (χ0n) is 8.24. The maximum absolute atomic E-state index is 5.46. The fourth-order valence-electron chi connectivity index (χ4n) is 1.24. The predicted octanol–water partition coefficient (Wildman–Crippen LogP) is 3.19. The third-order valence-electron chi connectivity index (χ3n) is 2.03. The summed E-state index contributed by atoms with van der Waals surface area (Å²) in [5, 5.41) is 6.46. The van der Waals surface area contributed by atoms with Gasteiger partial charge < -0.3 is 9.73 Å². The zero-order chi connectivity index (χ0) is 10.7. The standard InChI is InChI=1S/C10H11IN2OS/c1-7(10-12-4-5-15-10)13-6-8-2-3-9(11)14-8/h2-5,7,13H,6H2,1H3. The molecule has 0 spiro atoms. The average molecular weight is 334 g/mol. The summed E-state index contributed by atoms with van der Waals surface area (Å²) in [7, 11) is 0. The normalized spacial score (nSPS) is 12.9. The van der Waals surface area contributed by atoms with Crippen molar-refractivity contribution in [3.8, 4) is 0 Å². The molecular weight excluding hydrogens is 323 g/mol. The minimum Gasteiger partial charge on any atom is -0.454 e. The van der Waals surface area contributed by atoms with E-state index in [9.17, 15) is 0 Å². The molecule has 0 saturated carbocycles. The molecule has 1 atom stereocenters. The lowest BCUT2D eigenvalue weighted by atomic mass is 10.3. The molecular formula is C10H11IN2OS. The molecule has 0 amide bonds. The number of thiazole rings is 1. The van der Waals surface area contributed by atoms with E-state index in [-0.39, 0.29) is 6.04 Å². The molecule has 80 valence electrons. The second-order valence-electron chi connectivity index (χ2n) is 3.18. The van der Waals surface area contributed by atoms with Gasteiger partial charge in [0.15, 0.2) is 3.77 Å². The number of aromatic nitrogens is 1. The van der Waals surface area contributed by atoms with E-state index in [0.29, 0.717) is 0 Å². The van der Waals surface area contributed by atoms with Crippen molar-refractivity contribution in [3.63, 3.8) is 0 Å². The Labute approximate surface area is 106 Å². The average Bonchev–Trinajstić information content (AvgIpc) is 2.84. The first kappa shape index (κ1) is 11.1. The maximum atomic E-state index is 5.46. The van der Waals surface area contributed by atoms with Crippen LogP contribution < -0.4 is 5.32 Å². The van der Waals surface area contributed by atoms with Crippen LogP contribution in [0.25, 0.3) is 0 Å². The summed E-state index contributed by atoms with van der Waals surface area (Å²) < 4.78 is 6.38. The fourth-order valence-corrected chi connectivity index (χ4v) is 2.37. The molecule has 0 aromatic carbocycles. The Morgan fingerprint density at radius 3 is 3.07 bits per heavy atom. The molecule has 15 heavy (non-hydrogen) atoms. The van der Waals surface area contributed by atoms with Crippen molar-refractivity contribution >= 4 is 33.9 Å². The highest BCUT2D eigenvalue weighted by molar-refractivity contribution is 14.1. The van der Waals surface area contributed by atoms with Crippen molar-refractivity contribution < 1.29 is 4.42 Å². The van der Waals surface area contributed by atoms with Crippen LogP contribution in [0.4, 0.5) is 0 Å². The fraction of sp³-hybridized carbons (Fsp3) is 0.300. The number of nitrogens with one attached hydrogen (secondary N) is 1. The molecule has 0 aliphatic heterocycles. The molecule has 0 saturated heterocycles. The summed E-state index contributed by atoms with van der Waals surface area (Å²) in [6, 6.07) is 4.22. The van der Waals surface area contributed by atoms with Gasteiger partial charge in [0.2, 0.25) is 0 Å². The highest BCUT2D eigenvalue weighted by atomic mass is 127. The first-order valence-electron chi connectivity index (χ1n) is 4.62. The summed E-state index contributed by atoms with van der Waals surface area (Å²) in [6.45, 7) is 2.84. The summed E-state index contributed by atoms with van der Waals surface area (Å²) in [6.07, 6.45) is 1.83. The van der Waals surface area contributed by atoms with Gasteiger partial charge in [-0.3, -0.25) is 0 Å². The number of furan rings is 1. The molecule has 2 aromatic rings. The number of hydrogen-bond donors (Lipinski definition) is 1. The van der Waals surface area contributed by atoms with Crippen LogP contribution in [0.5, 0.6) is 0 Å². The van der Waals surface area contributed by atoms with Gasteiger partial charge in [0.25, 0.3) is 0 Å². The lowest BCUT2D eigenvalue weighted by Crippen LogP contribution is -2.17. The van der Waals surface area contributed by atoms with Gasteiger partial charge in [-0.05, 0) is 41.6 Å². The molecule has 5 heteroatoms. The minimum absolute atomic E-state index is 0.271. The maximum Gasteiger partial charge on any atom is 0.164 e. The van der Waals surface area contributed by atoms with Crippen LogP contribution in [0, 0.1) is 3.77 Å². The Morgan fingerprint density at radius 2 is 2.47 bits per heavy atom. The van der Waals surface area contributed by atoms with Crippen LogP contribution in [0.1, 0.15) is 23.7 Å². The lowest BCUT2D eigenvalue weighted by Gasteiger charge is -2.08. The highest BCUT2D eigenvalue weighted by Gasteiger charge is 2.08. The van der Waals surface area contributed by atoms with E-state index in [4.69, 9.17) is 4.42 Å². The van der Waals surface area contributed by atoms with E-state index in [1.165, 1.54) is 0 Å². The Hall–Kier alpha value is -0.400. The summed E-state index contributed by atoms with van der Waals surface area (Å²) in [4.78, 5) is 4.26. The van der Waals surface area contributed by atoms with Gasteiger partial charge in [-0.25, -0.2) is 4.98 Å². The van der Waals surface area contributed by atoms with Gasteiger partial charge in [0, 0.05) is 11.6 Å². The van der Waals surface area contributed by atoms with Crippen molar-refractivity contribution in [2.45, 2.75) is 19.5 Å². The molecule has 0 fully saturated rings. The topological polar surface area (TPSA) is 38.1 Å². The molecule has 1 N–H and O–H groups in total. The predicted molar refractivity (Wildman–Crippen MR) is 68.8 cm³/mol. The minimum atomic E-state index is 0.271. The SMILES string of the molecule is CC(NCc1ccc(I)o1)c1nccs1. The Balaban J connectivity index is 1.88. The van der Waals surface area contributed by atoms with Crippen molar-refractivity contribution in [1.29, 1.82) is 0 Å². The van der Waals surface area contributed by atoms with Crippen molar-refractivity contribution in [3.05, 3.63) is 38.2 Å². The quantitative estimate of drug-likeness (QED) is 0.873. The van der Waals surface area contributed by atoms with E-state index in [1.54, 1.807) is 11.3 Å². The molecule has 2 heterocycles. The molecule has 3 nitrogen and oxygen atoms in total. The Kier molecular flexibility index (Phi) is 3.76. The number of hydrogen-bond acceptors (Lipinski definition) is 4. The van der Waals surface area contributed by atoms with Gasteiger partial charge in [-0.2, -0.15) is 0 Å². The number of nitrogens with zero attached hydrogens (tertiary/aromatic N) is 1. The van der Waals surface area contributed by atoms with Crippen LogP contribution >= 0.6 is 33.9 Å². The van der Waals surface area contributed by atoms with E-state index in [0.717, 1.165) is 21.1 Å². The smallest absolute Gasteiger partial charge is 0.164 e. The second-order valence-corrected chi connectivity index (χ2v) is 5.17. The number of halogens is 1. The van der Waals surface area contributed by atoms with E-state index < -0.39 is 0 Å². The van der Waals surface area contributed by atoms with E-state index in [1.807, 2.05) is 23.7 Å². The van der Waals surface area contributed by atoms with Crippen molar-refractivity contribution in [2.24, 2.45) is 0 Å². The van der Waals surface area contributed by atoms with Gasteiger partial charge in [0.05, 0.1) is 12.6 Å². The molecule has 2 aromatic heterocycles. The Morgan fingerprint density at radius 1 is 1.60 bits per heavy atom.